The van der Waals surface area contributed by atoms with Gasteiger partial charge in [0.1, 0.15) is 5.75 Å². The molecule has 0 aromatic heterocycles. The van der Waals surface area contributed by atoms with Gasteiger partial charge in [-0.15, -0.1) is 0 Å². The lowest BCUT2D eigenvalue weighted by Gasteiger charge is -2.22. The van der Waals surface area contributed by atoms with Gasteiger partial charge in [0.15, 0.2) is 17.6 Å². The normalized spacial score (nSPS) is 16.9. The van der Waals surface area contributed by atoms with Gasteiger partial charge in [0.25, 0.3) is 0 Å². The Morgan fingerprint density at radius 3 is 2.48 bits per heavy atom. The Labute approximate surface area is 161 Å². The molecule has 0 radical (unpaired) electrons. The SMILES string of the molecule is CCCCCC[C@H](C)Oc1ccc(-c2ccc3c(c2)OC(=O)[C@H](C)O3)cc1. The molecule has 0 unspecified atom stereocenters. The summed E-state index contributed by atoms with van der Waals surface area (Å²) in [5.74, 6) is 1.58. The largest absolute Gasteiger partial charge is 0.491 e. The number of rotatable bonds is 8. The highest BCUT2D eigenvalue weighted by molar-refractivity contribution is 5.81. The predicted molar refractivity (Wildman–Crippen MR) is 106 cm³/mol. The highest BCUT2D eigenvalue weighted by atomic mass is 16.6. The first-order valence-corrected chi connectivity index (χ1v) is 9.86. The van der Waals surface area contributed by atoms with Crippen molar-refractivity contribution >= 4 is 5.97 Å². The second-order valence-electron chi connectivity index (χ2n) is 7.14. The van der Waals surface area contributed by atoms with E-state index in [4.69, 9.17) is 14.2 Å². The zero-order chi connectivity index (χ0) is 19.2. The van der Waals surface area contributed by atoms with Crippen LogP contribution < -0.4 is 14.2 Å². The van der Waals surface area contributed by atoms with E-state index < -0.39 is 6.10 Å². The van der Waals surface area contributed by atoms with Crippen molar-refractivity contribution < 1.29 is 19.0 Å². The van der Waals surface area contributed by atoms with Gasteiger partial charge >= 0.3 is 5.97 Å². The summed E-state index contributed by atoms with van der Waals surface area (Å²) >= 11 is 0. The van der Waals surface area contributed by atoms with Gasteiger partial charge in [-0.3, -0.25) is 0 Å². The van der Waals surface area contributed by atoms with Gasteiger partial charge in [0.2, 0.25) is 0 Å². The van der Waals surface area contributed by atoms with Crippen LogP contribution in [-0.4, -0.2) is 18.2 Å². The van der Waals surface area contributed by atoms with Crippen molar-refractivity contribution in [3.05, 3.63) is 42.5 Å². The summed E-state index contributed by atoms with van der Waals surface area (Å²) in [5.41, 5.74) is 2.01. The Balaban J connectivity index is 1.62. The second-order valence-corrected chi connectivity index (χ2v) is 7.14. The fourth-order valence-corrected chi connectivity index (χ4v) is 3.17. The van der Waals surface area contributed by atoms with E-state index in [1.165, 1.54) is 25.7 Å². The molecule has 1 aliphatic heterocycles. The smallest absolute Gasteiger partial charge is 0.352 e. The minimum atomic E-state index is -0.566. The van der Waals surface area contributed by atoms with E-state index in [-0.39, 0.29) is 12.1 Å². The van der Waals surface area contributed by atoms with Crippen LogP contribution in [0.1, 0.15) is 52.9 Å². The third-order valence-corrected chi connectivity index (χ3v) is 4.78. The molecule has 4 heteroatoms. The van der Waals surface area contributed by atoms with E-state index in [0.717, 1.165) is 23.3 Å². The molecule has 0 N–H and O–H groups in total. The molecule has 1 heterocycles. The molecule has 0 fully saturated rings. The van der Waals surface area contributed by atoms with Crippen LogP contribution in [0, 0.1) is 0 Å². The van der Waals surface area contributed by atoms with E-state index in [1.807, 2.05) is 42.5 Å². The second kappa shape index (κ2) is 8.94. The van der Waals surface area contributed by atoms with Crippen LogP contribution in [0.2, 0.25) is 0 Å². The van der Waals surface area contributed by atoms with Crippen molar-refractivity contribution in [2.24, 2.45) is 0 Å². The average molecular weight is 368 g/mol. The summed E-state index contributed by atoms with van der Waals surface area (Å²) in [5, 5.41) is 0. The highest BCUT2D eigenvalue weighted by Crippen LogP contribution is 2.36. The number of fused-ring (bicyclic) bond motifs is 1. The molecule has 0 amide bonds. The molecule has 0 bridgehead atoms. The van der Waals surface area contributed by atoms with E-state index in [0.29, 0.717) is 11.5 Å². The predicted octanol–water partition coefficient (Wildman–Crippen LogP) is 5.78. The first-order valence-electron chi connectivity index (χ1n) is 9.86. The van der Waals surface area contributed by atoms with Crippen molar-refractivity contribution in [2.75, 3.05) is 0 Å². The molecule has 3 rings (SSSR count). The van der Waals surface area contributed by atoms with Crippen LogP contribution in [0.3, 0.4) is 0 Å². The quantitative estimate of drug-likeness (QED) is 0.337. The summed E-state index contributed by atoms with van der Waals surface area (Å²) in [6.07, 6.45) is 5.76. The van der Waals surface area contributed by atoms with Crippen LogP contribution in [0.15, 0.2) is 42.5 Å². The average Bonchev–Trinajstić information content (AvgIpc) is 2.66. The first kappa shape index (κ1) is 19.3. The van der Waals surface area contributed by atoms with E-state index in [9.17, 15) is 4.79 Å². The first-order chi connectivity index (χ1) is 13.1. The molecule has 0 aliphatic carbocycles. The minimum absolute atomic E-state index is 0.218. The molecule has 0 saturated carbocycles. The van der Waals surface area contributed by atoms with Crippen molar-refractivity contribution in [3.8, 4) is 28.4 Å². The summed E-state index contributed by atoms with van der Waals surface area (Å²) in [7, 11) is 0. The fraction of sp³-hybridized carbons (Fsp3) is 0.435. The Hall–Kier alpha value is -2.49. The molecule has 2 aromatic rings. The topological polar surface area (TPSA) is 44.8 Å². The zero-order valence-electron chi connectivity index (χ0n) is 16.4. The van der Waals surface area contributed by atoms with Crippen molar-refractivity contribution in [3.63, 3.8) is 0 Å². The van der Waals surface area contributed by atoms with Gasteiger partial charge in [0, 0.05) is 0 Å². The molecule has 0 saturated heterocycles. The van der Waals surface area contributed by atoms with Gasteiger partial charge < -0.3 is 14.2 Å². The fourth-order valence-electron chi connectivity index (χ4n) is 3.17. The number of carbonyl (C=O) groups is 1. The van der Waals surface area contributed by atoms with Crippen LogP contribution in [0.5, 0.6) is 17.2 Å². The Bertz CT molecular complexity index is 766. The van der Waals surface area contributed by atoms with E-state index >= 15 is 0 Å². The van der Waals surface area contributed by atoms with Crippen molar-refractivity contribution in [2.45, 2.75) is 65.1 Å². The summed E-state index contributed by atoms with van der Waals surface area (Å²) < 4.78 is 16.9. The molecule has 27 heavy (non-hydrogen) atoms. The zero-order valence-corrected chi connectivity index (χ0v) is 16.4. The number of hydrogen-bond donors (Lipinski definition) is 0. The van der Waals surface area contributed by atoms with Crippen LogP contribution >= 0.6 is 0 Å². The molecular formula is C23H28O4. The van der Waals surface area contributed by atoms with E-state index in [2.05, 4.69) is 13.8 Å². The van der Waals surface area contributed by atoms with Crippen LogP contribution in [0.25, 0.3) is 11.1 Å². The number of unbranched alkanes of at least 4 members (excludes halogenated alkanes) is 3. The lowest BCUT2D eigenvalue weighted by molar-refractivity contribution is -0.144. The van der Waals surface area contributed by atoms with Gasteiger partial charge in [-0.25, -0.2) is 4.79 Å². The Morgan fingerprint density at radius 2 is 1.74 bits per heavy atom. The lowest BCUT2D eigenvalue weighted by Crippen LogP contribution is -2.32. The summed E-state index contributed by atoms with van der Waals surface area (Å²) in [6.45, 7) is 6.03. The third-order valence-electron chi connectivity index (χ3n) is 4.78. The highest BCUT2D eigenvalue weighted by Gasteiger charge is 2.26. The van der Waals surface area contributed by atoms with Crippen molar-refractivity contribution in [1.29, 1.82) is 0 Å². The number of carbonyl (C=O) groups excluding carboxylic acids is 1. The molecule has 144 valence electrons. The maximum Gasteiger partial charge on any atom is 0.352 e. The monoisotopic (exact) mass is 368 g/mol. The van der Waals surface area contributed by atoms with Gasteiger partial charge in [-0.2, -0.15) is 0 Å². The summed E-state index contributed by atoms with van der Waals surface area (Å²) in [6, 6.07) is 13.7. The third kappa shape index (κ3) is 5.03. The molecule has 2 atom stereocenters. The molecule has 0 spiro atoms. The minimum Gasteiger partial charge on any atom is -0.491 e. The van der Waals surface area contributed by atoms with Crippen LogP contribution in [0.4, 0.5) is 0 Å². The lowest BCUT2D eigenvalue weighted by atomic mass is 10.0. The molecular weight excluding hydrogens is 340 g/mol. The van der Waals surface area contributed by atoms with E-state index in [1.54, 1.807) is 6.92 Å². The standard InChI is InChI=1S/C23H28O4/c1-4-5-6-7-8-16(2)25-20-12-9-18(10-13-20)19-11-14-21-22(15-19)27-23(24)17(3)26-21/h9-17H,4-8H2,1-3H3/t16-,17-/m0/s1. The number of esters is 1. The van der Waals surface area contributed by atoms with Crippen LogP contribution in [-0.2, 0) is 4.79 Å². The maximum absolute atomic E-state index is 11.7. The number of hydrogen-bond acceptors (Lipinski definition) is 4. The Morgan fingerprint density at radius 1 is 1.00 bits per heavy atom. The van der Waals surface area contributed by atoms with Crippen molar-refractivity contribution in [1.82, 2.24) is 0 Å². The number of benzene rings is 2. The maximum atomic E-state index is 11.7. The van der Waals surface area contributed by atoms with Gasteiger partial charge in [0.05, 0.1) is 6.10 Å². The molecule has 1 aliphatic rings. The molecule has 4 nitrogen and oxygen atoms in total. The van der Waals surface area contributed by atoms with Gasteiger partial charge in [-0.1, -0.05) is 44.4 Å². The molecule has 2 aromatic carbocycles. The summed E-state index contributed by atoms with van der Waals surface area (Å²) in [4.78, 5) is 11.7. The van der Waals surface area contributed by atoms with Gasteiger partial charge in [-0.05, 0) is 62.1 Å². The Kier molecular flexibility index (Phi) is 6.38. The number of ether oxygens (including phenoxy) is 3.